The average Bonchev–Trinajstić information content (AvgIpc) is 3.17. The summed E-state index contributed by atoms with van der Waals surface area (Å²) in [5, 5.41) is -7.11. The van der Waals surface area contributed by atoms with Gasteiger partial charge in [0.1, 0.15) is 17.2 Å². The predicted molar refractivity (Wildman–Crippen MR) is 195 cm³/mol. The van der Waals surface area contributed by atoms with E-state index in [1.165, 1.54) is 111 Å². The van der Waals surface area contributed by atoms with Gasteiger partial charge in [0.2, 0.25) is 0 Å². The summed E-state index contributed by atoms with van der Waals surface area (Å²) in [6.45, 7) is 0. The number of alkyl halides is 9. The molecule has 0 bridgehead atoms. The summed E-state index contributed by atoms with van der Waals surface area (Å²) in [7, 11) is -7.64. The molecule has 0 radical (unpaired) electrons. The molecule has 0 unspecified atom stereocenters. The number of halogens is 9. The molecule has 0 spiro atoms. The quantitative estimate of drug-likeness (QED) is 0.102. The van der Waals surface area contributed by atoms with Crippen molar-refractivity contribution in [3.63, 3.8) is 0 Å². The lowest BCUT2D eigenvalue weighted by Crippen LogP contribution is -2.63. The highest BCUT2D eigenvalue weighted by Crippen LogP contribution is 2.54. The molecular formula is C40H45F9O6S2. The summed E-state index contributed by atoms with van der Waals surface area (Å²) in [6, 6.07) is 26.6. The van der Waals surface area contributed by atoms with Gasteiger partial charge in [-0.15, -0.1) is 0 Å². The zero-order valence-corrected chi connectivity index (χ0v) is 32.6. The van der Waals surface area contributed by atoms with Crippen molar-refractivity contribution in [3.05, 3.63) is 72.8 Å². The van der Waals surface area contributed by atoms with Crippen LogP contribution in [0, 0.1) is 0 Å². The molecule has 0 aliphatic heterocycles. The van der Waals surface area contributed by atoms with Crippen LogP contribution in [0.5, 0.6) is 17.2 Å². The molecule has 3 aromatic carbocycles. The Labute approximate surface area is 329 Å². The molecule has 57 heavy (non-hydrogen) atoms. The number of hydrogen-bond acceptors (Lipinski definition) is 6. The molecule has 3 fully saturated rings. The van der Waals surface area contributed by atoms with Gasteiger partial charge >= 0.3 is 23.3 Å². The van der Waals surface area contributed by atoms with E-state index < -0.39 is 33.4 Å². The van der Waals surface area contributed by atoms with E-state index in [-0.39, 0.29) is 10.9 Å². The molecule has 6 rings (SSSR count). The largest absolute Gasteiger partial charge is 0.743 e. The Morgan fingerprint density at radius 1 is 0.456 bits per heavy atom. The van der Waals surface area contributed by atoms with E-state index in [0.29, 0.717) is 18.3 Å². The minimum absolute atomic E-state index is 0.226. The van der Waals surface area contributed by atoms with Crippen LogP contribution in [0.15, 0.2) is 87.5 Å². The first-order valence-corrected chi connectivity index (χ1v) is 21.6. The molecule has 17 heteroatoms. The SMILES string of the molecule is O=S(=O)([O-])C(F)(F)C(F)(F)C(F)(F)C(F)(F)F.c1cc([S+](c2ccc(OC3CCCCC3)cc2)c2ccc(OC3CCCCC3)cc2)ccc1OC1CCCCC1. The third-order valence-electron chi connectivity index (χ3n) is 10.2. The van der Waals surface area contributed by atoms with Crippen molar-refractivity contribution in [1.29, 1.82) is 0 Å². The first kappa shape index (κ1) is 44.8. The number of ether oxygens (including phenoxy) is 3. The van der Waals surface area contributed by atoms with Crippen LogP contribution in [0.4, 0.5) is 39.5 Å². The Bertz CT molecular complexity index is 1650. The monoisotopic (exact) mass is 856 g/mol. The van der Waals surface area contributed by atoms with E-state index in [2.05, 4.69) is 72.8 Å². The summed E-state index contributed by atoms with van der Waals surface area (Å²) < 4.78 is 154. The van der Waals surface area contributed by atoms with Gasteiger partial charge < -0.3 is 18.8 Å². The zero-order valence-electron chi connectivity index (χ0n) is 30.9. The maximum Gasteiger partial charge on any atom is 0.460 e. The topological polar surface area (TPSA) is 84.9 Å². The number of rotatable bonds is 12. The van der Waals surface area contributed by atoms with E-state index in [4.69, 9.17) is 14.2 Å². The second-order valence-corrected chi connectivity index (χ2v) is 17.9. The molecule has 3 aliphatic rings. The standard InChI is InChI=1S/C36H45O3S.C4HF9O3S/c1-4-10-28(11-5-1)37-31-16-22-34(23-17-31)40(35-24-18-32(19-25-35)38-29-12-6-2-7-13-29)36-26-20-33(21-27-36)39-30-14-8-3-9-15-30;5-1(6,3(9,10)11)2(7,8)4(12,13)17(14,15)16/h16-30H,1-15H2;(H,14,15,16)/q+1;/p-1. The molecule has 3 aromatic rings. The van der Waals surface area contributed by atoms with Gasteiger partial charge in [-0.3, -0.25) is 0 Å². The Morgan fingerprint density at radius 2 is 0.719 bits per heavy atom. The van der Waals surface area contributed by atoms with Crippen molar-refractivity contribution in [2.24, 2.45) is 0 Å². The van der Waals surface area contributed by atoms with Crippen LogP contribution in [0.1, 0.15) is 96.3 Å². The van der Waals surface area contributed by atoms with Crippen molar-refractivity contribution < 1.29 is 66.7 Å². The fourth-order valence-corrected chi connectivity index (χ4v) is 9.50. The summed E-state index contributed by atoms with van der Waals surface area (Å²) in [6.07, 6.45) is 12.7. The smallest absolute Gasteiger partial charge is 0.460 e. The predicted octanol–water partition coefficient (Wildman–Crippen LogP) is 11.9. The molecule has 6 nitrogen and oxygen atoms in total. The highest BCUT2D eigenvalue weighted by atomic mass is 32.2. The molecule has 3 aliphatic carbocycles. The zero-order chi connectivity index (χ0) is 41.5. The van der Waals surface area contributed by atoms with Crippen molar-refractivity contribution in [1.82, 2.24) is 0 Å². The van der Waals surface area contributed by atoms with E-state index in [9.17, 15) is 52.5 Å². The minimum atomic E-state index is -7.43. The van der Waals surface area contributed by atoms with Crippen LogP contribution in [0.2, 0.25) is 0 Å². The lowest BCUT2D eigenvalue weighted by atomic mass is 9.98. The number of benzene rings is 3. The van der Waals surface area contributed by atoms with E-state index in [1.54, 1.807) is 0 Å². The summed E-state index contributed by atoms with van der Waals surface area (Å²) in [5.41, 5.74) is 0. The van der Waals surface area contributed by atoms with Gasteiger partial charge in [-0.05, 0) is 150 Å². The van der Waals surface area contributed by atoms with Gasteiger partial charge in [0.25, 0.3) is 0 Å². The van der Waals surface area contributed by atoms with Crippen molar-refractivity contribution >= 4 is 21.0 Å². The normalized spacial score (nSPS) is 18.4. The lowest BCUT2D eigenvalue weighted by Gasteiger charge is -2.34. The highest BCUT2D eigenvalue weighted by molar-refractivity contribution is 7.97. The molecule has 3 saturated carbocycles. The first-order chi connectivity index (χ1) is 26.8. The molecule has 0 amide bonds. The van der Waals surface area contributed by atoms with E-state index >= 15 is 0 Å². The third kappa shape index (κ3) is 11.0. The van der Waals surface area contributed by atoms with Crippen LogP contribution < -0.4 is 14.2 Å². The number of hydrogen-bond donors (Lipinski definition) is 0. The Balaban J connectivity index is 0.000000310. The fourth-order valence-electron chi connectivity index (χ4n) is 7.02. The van der Waals surface area contributed by atoms with Gasteiger partial charge in [-0.1, -0.05) is 19.3 Å². The molecule has 0 N–H and O–H groups in total. The third-order valence-corrected chi connectivity index (χ3v) is 13.3. The minimum Gasteiger partial charge on any atom is -0.743 e. The second-order valence-electron chi connectivity index (χ2n) is 14.5. The highest BCUT2D eigenvalue weighted by Gasteiger charge is 2.83. The Hall–Kier alpha value is -3.31. The van der Waals surface area contributed by atoms with Gasteiger partial charge in [0, 0.05) is 0 Å². The summed E-state index contributed by atoms with van der Waals surface area (Å²) in [5.74, 6) is -11.8. The van der Waals surface area contributed by atoms with Gasteiger partial charge in [-0.2, -0.15) is 39.5 Å². The van der Waals surface area contributed by atoms with Crippen LogP contribution >= 0.6 is 0 Å². The summed E-state index contributed by atoms with van der Waals surface area (Å²) >= 11 is 0. The summed E-state index contributed by atoms with van der Waals surface area (Å²) in [4.78, 5) is 3.91. The van der Waals surface area contributed by atoms with E-state index in [1.807, 2.05) is 0 Å². The van der Waals surface area contributed by atoms with Gasteiger partial charge in [0.15, 0.2) is 24.8 Å². The van der Waals surface area contributed by atoms with Crippen molar-refractivity contribution in [2.75, 3.05) is 0 Å². The van der Waals surface area contributed by atoms with Crippen LogP contribution in [-0.2, 0) is 21.0 Å². The molecule has 0 saturated heterocycles. The maximum absolute atomic E-state index is 12.2. The molecule has 316 valence electrons. The molecule has 0 aromatic heterocycles. The van der Waals surface area contributed by atoms with Crippen LogP contribution in [-0.4, -0.2) is 54.6 Å². The second kappa shape index (κ2) is 18.7. The average molecular weight is 857 g/mol. The lowest BCUT2D eigenvalue weighted by molar-refractivity contribution is -0.382. The first-order valence-electron chi connectivity index (χ1n) is 19.0. The van der Waals surface area contributed by atoms with E-state index in [0.717, 1.165) is 17.2 Å². The van der Waals surface area contributed by atoms with Gasteiger partial charge in [0.05, 0.1) is 29.2 Å². The van der Waals surface area contributed by atoms with Crippen molar-refractivity contribution in [2.45, 2.75) is 153 Å². The molecular weight excluding hydrogens is 812 g/mol. The Kier molecular flexibility index (Phi) is 14.7. The van der Waals surface area contributed by atoms with Gasteiger partial charge in [-0.25, -0.2) is 8.42 Å². The Morgan fingerprint density at radius 3 is 0.947 bits per heavy atom. The molecule has 0 atom stereocenters. The van der Waals surface area contributed by atoms with Crippen molar-refractivity contribution in [3.8, 4) is 17.2 Å². The fraction of sp³-hybridized carbons (Fsp3) is 0.550. The molecule has 0 heterocycles. The maximum atomic E-state index is 12.2. The van der Waals surface area contributed by atoms with Crippen LogP contribution in [0.3, 0.4) is 0 Å². The van der Waals surface area contributed by atoms with Crippen LogP contribution in [0.25, 0.3) is 0 Å².